The molecule has 0 aliphatic rings. The van der Waals surface area contributed by atoms with Crippen LogP contribution in [0.15, 0.2) is 61.2 Å². The number of hydrogen-bond acceptors (Lipinski definition) is 0. The van der Waals surface area contributed by atoms with E-state index in [1.807, 2.05) is 6.08 Å². The molecule has 1 heteroatoms. The minimum absolute atomic E-state index is 1.21. The highest BCUT2D eigenvalue weighted by Crippen LogP contribution is 2.41. The fourth-order valence-electron chi connectivity index (χ4n) is 4.35. The standard InChI is InChI=1S/C24H19N/c1-4-7-20-18(5-2)24-19-13-12-16-9-6-8-15-10-11-17(23(19)22(15)16)14-21(24)25(20)3/h4-14H,2H2,1,3H3/b7-4-. The van der Waals surface area contributed by atoms with Crippen molar-refractivity contribution in [2.75, 3.05) is 0 Å². The molecule has 1 heterocycles. The van der Waals surface area contributed by atoms with Crippen molar-refractivity contribution in [3.8, 4) is 0 Å². The third-order valence-electron chi connectivity index (χ3n) is 5.42. The van der Waals surface area contributed by atoms with Crippen LogP contribution in [-0.4, -0.2) is 4.57 Å². The van der Waals surface area contributed by atoms with E-state index in [0.717, 1.165) is 0 Å². The Kier molecular flexibility index (Phi) is 2.84. The van der Waals surface area contributed by atoms with Gasteiger partial charge in [0, 0.05) is 23.7 Å². The topological polar surface area (TPSA) is 4.93 Å². The lowest BCUT2D eigenvalue weighted by molar-refractivity contribution is 0.954. The first-order valence-electron chi connectivity index (χ1n) is 8.68. The molecule has 120 valence electrons. The summed E-state index contributed by atoms with van der Waals surface area (Å²) in [6.07, 6.45) is 6.26. The van der Waals surface area contributed by atoms with Crippen LogP contribution in [0.1, 0.15) is 18.2 Å². The first kappa shape index (κ1) is 14.3. The van der Waals surface area contributed by atoms with Gasteiger partial charge in [-0.05, 0) is 51.4 Å². The second-order valence-corrected chi connectivity index (χ2v) is 6.69. The third kappa shape index (κ3) is 1.73. The van der Waals surface area contributed by atoms with E-state index in [4.69, 9.17) is 0 Å². The number of nitrogens with zero attached hydrogens (tertiary/aromatic N) is 1. The van der Waals surface area contributed by atoms with E-state index < -0.39 is 0 Å². The zero-order valence-electron chi connectivity index (χ0n) is 14.5. The molecule has 1 aromatic heterocycles. The lowest BCUT2D eigenvalue weighted by Gasteiger charge is -2.12. The van der Waals surface area contributed by atoms with E-state index in [1.165, 1.54) is 54.5 Å². The number of hydrogen-bond donors (Lipinski definition) is 0. The van der Waals surface area contributed by atoms with Gasteiger partial charge in [-0.3, -0.25) is 0 Å². The lowest BCUT2D eigenvalue weighted by atomic mass is 9.91. The molecule has 0 spiro atoms. The Bertz CT molecular complexity index is 1300. The maximum Gasteiger partial charge on any atom is 0.0501 e. The number of fused-ring (bicyclic) bond motifs is 2. The van der Waals surface area contributed by atoms with Crippen molar-refractivity contribution >= 4 is 55.4 Å². The Labute approximate surface area is 146 Å². The molecule has 0 N–H and O–H groups in total. The zero-order valence-corrected chi connectivity index (χ0v) is 14.5. The van der Waals surface area contributed by atoms with E-state index in [-0.39, 0.29) is 0 Å². The molecule has 5 rings (SSSR count). The van der Waals surface area contributed by atoms with Crippen LogP contribution < -0.4 is 0 Å². The summed E-state index contributed by atoms with van der Waals surface area (Å²) in [5, 5.41) is 9.26. The summed E-state index contributed by atoms with van der Waals surface area (Å²) in [4.78, 5) is 0. The van der Waals surface area contributed by atoms with Crippen LogP contribution >= 0.6 is 0 Å². The van der Waals surface area contributed by atoms with Crippen LogP contribution in [-0.2, 0) is 7.05 Å². The maximum atomic E-state index is 4.10. The van der Waals surface area contributed by atoms with Gasteiger partial charge >= 0.3 is 0 Å². The van der Waals surface area contributed by atoms with Crippen LogP contribution in [0.2, 0.25) is 0 Å². The van der Waals surface area contributed by atoms with Crippen LogP contribution in [0.5, 0.6) is 0 Å². The van der Waals surface area contributed by atoms with Crippen LogP contribution in [0, 0.1) is 0 Å². The second-order valence-electron chi connectivity index (χ2n) is 6.69. The molecule has 1 nitrogen and oxygen atoms in total. The van der Waals surface area contributed by atoms with Gasteiger partial charge in [-0.25, -0.2) is 0 Å². The van der Waals surface area contributed by atoms with Gasteiger partial charge in [0.15, 0.2) is 0 Å². The third-order valence-corrected chi connectivity index (χ3v) is 5.42. The van der Waals surface area contributed by atoms with Crippen molar-refractivity contribution in [2.24, 2.45) is 7.05 Å². The highest BCUT2D eigenvalue weighted by molar-refractivity contribution is 6.29. The summed E-state index contributed by atoms with van der Waals surface area (Å²) in [5.74, 6) is 0. The molecule has 25 heavy (non-hydrogen) atoms. The quantitative estimate of drug-likeness (QED) is 0.317. The zero-order chi connectivity index (χ0) is 17.1. The summed E-state index contributed by atoms with van der Waals surface area (Å²) in [6.45, 7) is 6.16. The Hall–Kier alpha value is -3.06. The fraction of sp³-hybridized carbons (Fsp3) is 0.0833. The number of rotatable bonds is 2. The second kappa shape index (κ2) is 4.97. The van der Waals surface area contributed by atoms with Gasteiger partial charge in [0.2, 0.25) is 0 Å². The normalized spacial score (nSPS) is 12.4. The molecule has 0 amide bonds. The summed E-state index contributed by atoms with van der Waals surface area (Å²) in [7, 11) is 2.14. The molecule has 0 fully saturated rings. The molecule has 5 aromatic rings. The molecule has 0 radical (unpaired) electrons. The molecule has 0 saturated heterocycles. The number of benzene rings is 4. The van der Waals surface area contributed by atoms with E-state index in [9.17, 15) is 0 Å². The Morgan fingerprint density at radius 2 is 1.60 bits per heavy atom. The summed E-state index contributed by atoms with van der Waals surface area (Å²) in [6, 6.07) is 17.9. The molecule has 0 bridgehead atoms. The fourth-order valence-corrected chi connectivity index (χ4v) is 4.35. The van der Waals surface area contributed by atoms with Gasteiger partial charge in [-0.15, -0.1) is 0 Å². The van der Waals surface area contributed by atoms with Crippen molar-refractivity contribution in [3.63, 3.8) is 0 Å². The molecule has 4 aromatic carbocycles. The van der Waals surface area contributed by atoms with E-state index in [0.29, 0.717) is 0 Å². The summed E-state index contributed by atoms with van der Waals surface area (Å²) < 4.78 is 2.28. The summed E-state index contributed by atoms with van der Waals surface area (Å²) >= 11 is 0. The Morgan fingerprint density at radius 1 is 0.880 bits per heavy atom. The van der Waals surface area contributed by atoms with Gasteiger partial charge in [0.05, 0.1) is 5.52 Å². The van der Waals surface area contributed by atoms with Gasteiger partial charge in [0.25, 0.3) is 0 Å². The Balaban J connectivity index is 2.14. The van der Waals surface area contributed by atoms with E-state index in [2.05, 4.69) is 85.8 Å². The minimum atomic E-state index is 1.21. The number of aromatic nitrogens is 1. The predicted molar refractivity (Wildman–Crippen MR) is 111 cm³/mol. The van der Waals surface area contributed by atoms with Crippen molar-refractivity contribution in [3.05, 3.63) is 72.4 Å². The van der Waals surface area contributed by atoms with Crippen LogP contribution in [0.4, 0.5) is 0 Å². The van der Waals surface area contributed by atoms with Crippen molar-refractivity contribution in [1.82, 2.24) is 4.57 Å². The molecule has 0 saturated carbocycles. The molecular formula is C24H19N. The average molecular weight is 321 g/mol. The highest BCUT2D eigenvalue weighted by Gasteiger charge is 2.17. The predicted octanol–water partition coefficient (Wildman–Crippen LogP) is 6.75. The first-order chi connectivity index (χ1) is 12.2. The molecular weight excluding hydrogens is 302 g/mol. The smallest absolute Gasteiger partial charge is 0.0501 e. The maximum absolute atomic E-state index is 4.10. The summed E-state index contributed by atoms with van der Waals surface area (Å²) in [5.41, 5.74) is 3.69. The van der Waals surface area contributed by atoms with Gasteiger partial charge in [0.1, 0.15) is 0 Å². The van der Waals surface area contributed by atoms with Crippen molar-refractivity contribution < 1.29 is 0 Å². The molecule has 0 aliphatic carbocycles. The minimum Gasteiger partial charge on any atom is -0.344 e. The Morgan fingerprint density at radius 3 is 2.32 bits per heavy atom. The van der Waals surface area contributed by atoms with Gasteiger partial charge in [-0.1, -0.05) is 61.2 Å². The van der Waals surface area contributed by atoms with Gasteiger partial charge < -0.3 is 4.57 Å². The van der Waals surface area contributed by atoms with Crippen molar-refractivity contribution in [1.29, 1.82) is 0 Å². The molecule has 0 atom stereocenters. The number of allylic oxidation sites excluding steroid dienone is 1. The number of aryl methyl sites for hydroxylation is 1. The molecule has 0 aliphatic heterocycles. The van der Waals surface area contributed by atoms with E-state index in [1.54, 1.807) is 0 Å². The lowest BCUT2D eigenvalue weighted by Crippen LogP contribution is -1.91. The van der Waals surface area contributed by atoms with Crippen LogP contribution in [0.25, 0.3) is 55.4 Å². The van der Waals surface area contributed by atoms with Gasteiger partial charge in [-0.2, -0.15) is 0 Å². The van der Waals surface area contributed by atoms with E-state index >= 15 is 0 Å². The first-order valence-corrected chi connectivity index (χ1v) is 8.68. The highest BCUT2D eigenvalue weighted by atomic mass is 14.9. The SMILES string of the molecule is C=Cc1c(/C=C\C)n(C)c2cc3ccc4cccc5ccc(c12)c3c45. The van der Waals surface area contributed by atoms with Crippen molar-refractivity contribution in [2.45, 2.75) is 6.92 Å². The average Bonchev–Trinajstić information content (AvgIpc) is 2.91. The largest absolute Gasteiger partial charge is 0.344 e. The molecule has 0 unspecified atom stereocenters. The van der Waals surface area contributed by atoms with Crippen LogP contribution in [0.3, 0.4) is 0 Å². The monoisotopic (exact) mass is 321 g/mol.